The minimum Gasteiger partial charge on any atom is -0.452 e. The van der Waals surface area contributed by atoms with E-state index < -0.39 is 23.4 Å². The Morgan fingerprint density at radius 3 is 2.73 bits per heavy atom. The Balaban J connectivity index is 2.04. The van der Waals surface area contributed by atoms with E-state index in [0.29, 0.717) is 11.5 Å². The number of carbonyl (C=O) groups is 2. The molecule has 1 N–H and O–H groups in total. The van der Waals surface area contributed by atoms with Gasteiger partial charge in [0.25, 0.3) is 11.6 Å². The quantitative estimate of drug-likeness (QED) is 0.461. The number of rotatable bonds is 6. The number of nitro groups is 1. The topological polar surface area (TPSA) is 125 Å². The predicted octanol–water partition coefficient (Wildman–Crippen LogP) is 3.46. The van der Waals surface area contributed by atoms with Gasteiger partial charge in [0.1, 0.15) is 5.56 Å². The van der Waals surface area contributed by atoms with E-state index in [1.165, 1.54) is 12.1 Å². The molecule has 0 atom stereocenters. The van der Waals surface area contributed by atoms with E-state index >= 15 is 0 Å². The number of hydrogen-bond donors (Lipinski definition) is 1. The van der Waals surface area contributed by atoms with Gasteiger partial charge in [-0.1, -0.05) is 30.6 Å². The summed E-state index contributed by atoms with van der Waals surface area (Å²) in [6.07, 6.45) is 0. The van der Waals surface area contributed by atoms with Gasteiger partial charge in [-0.2, -0.15) is 0 Å². The zero-order chi connectivity index (χ0) is 19.4. The molecule has 1 aromatic carbocycles. The standard InChI is InChI=1S/C16H16ClN3O6/c1-8(2)15-14(9(3)19-26-15)16(22)25-7-13(21)18-12-6-10(20(23)24)4-5-11(12)17/h4-6,8H,7H2,1-3H3,(H,18,21). The molecule has 26 heavy (non-hydrogen) atoms. The van der Waals surface area contributed by atoms with Crippen LogP contribution >= 0.6 is 11.6 Å². The lowest BCUT2D eigenvalue weighted by Crippen LogP contribution is -2.21. The largest absolute Gasteiger partial charge is 0.452 e. The molecule has 0 aliphatic heterocycles. The second kappa shape index (κ2) is 7.96. The summed E-state index contributed by atoms with van der Waals surface area (Å²) in [5.74, 6) is -1.15. The van der Waals surface area contributed by atoms with E-state index in [1.807, 2.05) is 13.8 Å². The van der Waals surface area contributed by atoms with Crippen LogP contribution in [0.5, 0.6) is 0 Å². The molecule has 138 valence electrons. The highest BCUT2D eigenvalue weighted by atomic mass is 35.5. The number of anilines is 1. The molecule has 0 aliphatic carbocycles. The number of nitrogens with one attached hydrogen (secondary N) is 1. The van der Waals surface area contributed by atoms with Crippen LogP contribution in [0.4, 0.5) is 11.4 Å². The van der Waals surface area contributed by atoms with Gasteiger partial charge in [-0.05, 0) is 13.0 Å². The number of non-ortho nitro benzene ring substituents is 1. The van der Waals surface area contributed by atoms with Gasteiger partial charge in [-0.15, -0.1) is 0 Å². The molecule has 10 heteroatoms. The van der Waals surface area contributed by atoms with Crippen LogP contribution < -0.4 is 5.32 Å². The molecule has 9 nitrogen and oxygen atoms in total. The highest BCUT2D eigenvalue weighted by Crippen LogP contribution is 2.27. The summed E-state index contributed by atoms with van der Waals surface area (Å²) in [5, 5.41) is 17.0. The van der Waals surface area contributed by atoms with E-state index in [9.17, 15) is 19.7 Å². The SMILES string of the molecule is Cc1noc(C(C)C)c1C(=O)OCC(=O)Nc1cc([N+](=O)[O-])ccc1Cl. The smallest absolute Gasteiger partial charge is 0.344 e. The zero-order valence-corrected chi connectivity index (χ0v) is 15.0. The Labute approximate surface area is 153 Å². The number of halogens is 1. The van der Waals surface area contributed by atoms with Crippen molar-refractivity contribution in [1.82, 2.24) is 5.16 Å². The zero-order valence-electron chi connectivity index (χ0n) is 14.2. The van der Waals surface area contributed by atoms with Crippen LogP contribution in [0.3, 0.4) is 0 Å². The van der Waals surface area contributed by atoms with Crippen LogP contribution in [0.2, 0.25) is 5.02 Å². The van der Waals surface area contributed by atoms with Gasteiger partial charge < -0.3 is 14.6 Å². The third kappa shape index (κ3) is 4.37. The van der Waals surface area contributed by atoms with Crippen LogP contribution in [0.25, 0.3) is 0 Å². The average Bonchev–Trinajstić information content (AvgIpc) is 2.96. The summed E-state index contributed by atoms with van der Waals surface area (Å²) < 4.78 is 10.1. The molecule has 1 heterocycles. The Bertz CT molecular complexity index is 862. The summed E-state index contributed by atoms with van der Waals surface area (Å²) in [6.45, 7) is 4.65. The number of ether oxygens (including phenoxy) is 1. The van der Waals surface area contributed by atoms with E-state index in [-0.39, 0.29) is 27.9 Å². The maximum absolute atomic E-state index is 12.2. The molecule has 0 fully saturated rings. The predicted molar refractivity (Wildman–Crippen MR) is 92.3 cm³/mol. The molecular formula is C16H16ClN3O6. The summed E-state index contributed by atoms with van der Waals surface area (Å²) in [6, 6.07) is 3.61. The van der Waals surface area contributed by atoms with Crippen molar-refractivity contribution in [2.75, 3.05) is 11.9 Å². The number of nitro benzene ring substituents is 1. The number of hydrogen-bond acceptors (Lipinski definition) is 7. The fraction of sp³-hybridized carbons (Fsp3) is 0.312. The van der Waals surface area contributed by atoms with Crippen molar-refractivity contribution in [3.63, 3.8) is 0 Å². The minimum atomic E-state index is -0.743. The molecule has 0 bridgehead atoms. The number of amides is 1. The van der Waals surface area contributed by atoms with Crippen molar-refractivity contribution in [2.24, 2.45) is 0 Å². The number of aryl methyl sites for hydroxylation is 1. The Hall–Kier alpha value is -2.94. The lowest BCUT2D eigenvalue weighted by atomic mass is 10.1. The normalized spacial score (nSPS) is 10.7. The summed E-state index contributed by atoms with van der Waals surface area (Å²) in [4.78, 5) is 34.3. The van der Waals surface area contributed by atoms with Gasteiger partial charge in [-0.3, -0.25) is 14.9 Å². The molecule has 0 saturated heterocycles. The van der Waals surface area contributed by atoms with Crippen LogP contribution in [-0.4, -0.2) is 28.6 Å². The fourth-order valence-electron chi connectivity index (χ4n) is 2.14. The summed E-state index contributed by atoms with van der Waals surface area (Å²) in [7, 11) is 0. The molecule has 0 saturated carbocycles. The van der Waals surface area contributed by atoms with E-state index in [1.54, 1.807) is 6.92 Å². The molecule has 1 aromatic heterocycles. The van der Waals surface area contributed by atoms with Gasteiger partial charge in [-0.25, -0.2) is 4.79 Å². The van der Waals surface area contributed by atoms with Crippen LogP contribution in [0, 0.1) is 17.0 Å². The Morgan fingerprint density at radius 1 is 1.42 bits per heavy atom. The van der Waals surface area contributed by atoms with Gasteiger partial charge in [0, 0.05) is 18.1 Å². The van der Waals surface area contributed by atoms with Crippen molar-refractivity contribution >= 4 is 34.9 Å². The molecular weight excluding hydrogens is 366 g/mol. The number of nitrogens with zero attached hydrogens (tertiary/aromatic N) is 2. The maximum Gasteiger partial charge on any atom is 0.344 e. The second-order valence-corrected chi connectivity index (χ2v) is 6.11. The van der Waals surface area contributed by atoms with Crippen molar-refractivity contribution in [1.29, 1.82) is 0 Å². The Morgan fingerprint density at radius 2 is 2.12 bits per heavy atom. The number of aromatic nitrogens is 1. The highest BCUT2D eigenvalue weighted by Gasteiger charge is 2.24. The van der Waals surface area contributed by atoms with Crippen LogP contribution in [0.15, 0.2) is 22.7 Å². The Kier molecular flexibility index (Phi) is 5.93. The summed E-state index contributed by atoms with van der Waals surface area (Å²) >= 11 is 5.90. The van der Waals surface area contributed by atoms with E-state index in [2.05, 4.69) is 10.5 Å². The van der Waals surface area contributed by atoms with Crippen molar-refractivity contribution < 1.29 is 23.8 Å². The lowest BCUT2D eigenvalue weighted by molar-refractivity contribution is -0.384. The van der Waals surface area contributed by atoms with Gasteiger partial charge in [0.05, 0.1) is 21.3 Å². The first-order valence-corrected chi connectivity index (χ1v) is 7.95. The van der Waals surface area contributed by atoms with Crippen molar-refractivity contribution in [3.05, 3.63) is 50.4 Å². The average molecular weight is 382 g/mol. The monoisotopic (exact) mass is 381 g/mol. The van der Waals surface area contributed by atoms with Crippen LogP contribution in [0.1, 0.15) is 41.6 Å². The van der Waals surface area contributed by atoms with Gasteiger partial charge in [0.15, 0.2) is 12.4 Å². The van der Waals surface area contributed by atoms with Gasteiger partial charge >= 0.3 is 5.97 Å². The molecule has 2 aromatic rings. The van der Waals surface area contributed by atoms with Crippen LogP contribution in [-0.2, 0) is 9.53 Å². The number of carbonyl (C=O) groups excluding carboxylic acids is 2. The van der Waals surface area contributed by atoms with E-state index in [4.69, 9.17) is 20.9 Å². The third-order valence-corrected chi connectivity index (χ3v) is 3.72. The minimum absolute atomic E-state index is 0.0472. The summed E-state index contributed by atoms with van der Waals surface area (Å²) in [5.41, 5.74) is 0.358. The highest BCUT2D eigenvalue weighted by molar-refractivity contribution is 6.33. The first kappa shape index (κ1) is 19.4. The first-order valence-electron chi connectivity index (χ1n) is 7.57. The number of benzene rings is 1. The first-order chi connectivity index (χ1) is 12.2. The van der Waals surface area contributed by atoms with E-state index in [0.717, 1.165) is 6.07 Å². The van der Waals surface area contributed by atoms with Crippen molar-refractivity contribution in [3.8, 4) is 0 Å². The molecule has 0 spiro atoms. The fourth-order valence-corrected chi connectivity index (χ4v) is 2.31. The molecule has 1 amide bonds. The molecule has 0 radical (unpaired) electrons. The molecule has 0 unspecified atom stereocenters. The van der Waals surface area contributed by atoms with Gasteiger partial charge in [0.2, 0.25) is 0 Å². The molecule has 0 aliphatic rings. The maximum atomic E-state index is 12.2. The number of esters is 1. The second-order valence-electron chi connectivity index (χ2n) is 5.71. The lowest BCUT2D eigenvalue weighted by Gasteiger charge is -2.09. The molecule has 2 rings (SSSR count). The van der Waals surface area contributed by atoms with Crippen molar-refractivity contribution in [2.45, 2.75) is 26.7 Å². The third-order valence-electron chi connectivity index (χ3n) is 3.39.